The highest BCUT2D eigenvalue weighted by atomic mass is 19.2. The first-order chi connectivity index (χ1) is 9.39. The first kappa shape index (κ1) is 14.9. The molecule has 0 aromatic heterocycles. The molecule has 1 aliphatic rings. The summed E-state index contributed by atoms with van der Waals surface area (Å²) in [6.07, 6.45) is 3.30. The van der Waals surface area contributed by atoms with Crippen molar-refractivity contribution in [3.8, 4) is 0 Å². The van der Waals surface area contributed by atoms with Crippen LogP contribution in [0.4, 0.5) is 8.78 Å². The van der Waals surface area contributed by atoms with Gasteiger partial charge in [-0.05, 0) is 37.0 Å². The maximum absolute atomic E-state index is 13.1. The van der Waals surface area contributed by atoms with E-state index in [2.05, 4.69) is 12.2 Å². The van der Waals surface area contributed by atoms with E-state index in [0.29, 0.717) is 18.8 Å². The zero-order valence-corrected chi connectivity index (χ0v) is 11.5. The molecule has 20 heavy (non-hydrogen) atoms. The van der Waals surface area contributed by atoms with Crippen molar-refractivity contribution in [3.63, 3.8) is 0 Å². The van der Waals surface area contributed by atoms with E-state index in [1.54, 1.807) is 0 Å². The third-order valence-corrected chi connectivity index (χ3v) is 3.83. The third kappa shape index (κ3) is 3.54. The number of hydrogen-bond donors (Lipinski definition) is 2. The van der Waals surface area contributed by atoms with E-state index in [1.165, 1.54) is 6.07 Å². The summed E-state index contributed by atoms with van der Waals surface area (Å²) in [6.45, 7) is 2.20. The van der Waals surface area contributed by atoms with Gasteiger partial charge in [0.05, 0.1) is 5.60 Å². The molecular formula is C15H19F2NO2. The lowest BCUT2D eigenvalue weighted by Crippen LogP contribution is -2.45. The van der Waals surface area contributed by atoms with Gasteiger partial charge in [-0.2, -0.15) is 0 Å². The summed E-state index contributed by atoms with van der Waals surface area (Å²) in [5.41, 5.74) is -0.845. The summed E-state index contributed by atoms with van der Waals surface area (Å²) in [6, 6.07) is 3.00. The Morgan fingerprint density at radius 2 is 2.20 bits per heavy atom. The zero-order chi connectivity index (χ0) is 14.8. The fraction of sp³-hybridized carbons (Fsp3) is 0.533. The lowest BCUT2D eigenvalue weighted by molar-refractivity contribution is -0.0109. The lowest BCUT2D eigenvalue weighted by atomic mass is 9.79. The summed E-state index contributed by atoms with van der Waals surface area (Å²) < 4.78 is 25.9. The van der Waals surface area contributed by atoms with Gasteiger partial charge >= 0.3 is 0 Å². The summed E-state index contributed by atoms with van der Waals surface area (Å²) in [5.74, 6) is -2.12. The van der Waals surface area contributed by atoms with Crippen LogP contribution in [-0.2, 0) is 0 Å². The molecule has 2 atom stereocenters. The monoisotopic (exact) mass is 283 g/mol. The second kappa shape index (κ2) is 5.87. The summed E-state index contributed by atoms with van der Waals surface area (Å²) in [5, 5.41) is 13.0. The van der Waals surface area contributed by atoms with Crippen LogP contribution in [0.5, 0.6) is 0 Å². The maximum atomic E-state index is 13.1. The van der Waals surface area contributed by atoms with Crippen LogP contribution in [0, 0.1) is 17.6 Å². The average molecular weight is 283 g/mol. The molecule has 0 saturated heterocycles. The first-order valence-corrected chi connectivity index (χ1v) is 6.85. The summed E-state index contributed by atoms with van der Waals surface area (Å²) >= 11 is 0. The van der Waals surface area contributed by atoms with E-state index >= 15 is 0 Å². The Hall–Kier alpha value is -1.49. The van der Waals surface area contributed by atoms with Crippen LogP contribution >= 0.6 is 0 Å². The van der Waals surface area contributed by atoms with Crippen LogP contribution < -0.4 is 5.32 Å². The summed E-state index contributed by atoms with van der Waals surface area (Å²) in [7, 11) is 0. The number of carbonyl (C=O) groups is 1. The van der Waals surface area contributed by atoms with Crippen LogP contribution in [0.3, 0.4) is 0 Å². The quantitative estimate of drug-likeness (QED) is 0.896. The minimum absolute atomic E-state index is 0.0522. The first-order valence-electron chi connectivity index (χ1n) is 6.85. The van der Waals surface area contributed by atoms with E-state index in [9.17, 15) is 18.7 Å². The van der Waals surface area contributed by atoms with Crippen molar-refractivity contribution >= 4 is 5.91 Å². The van der Waals surface area contributed by atoms with Crippen LogP contribution in [0.25, 0.3) is 0 Å². The van der Waals surface area contributed by atoms with Crippen LogP contribution in [0.15, 0.2) is 18.2 Å². The Kier molecular flexibility index (Phi) is 4.38. The van der Waals surface area contributed by atoms with Crippen LogP contribution in [0.2, 0.25) is 0 Å². The van der Waals surface area contributed by atoms with Gasteiger partial charge in [-0.1, -0.05) is 19.8 Å². The number of carbonyl (C=O) groups excluding carboxylic acids is 1. The summed E-state index contributed by atoms with van der Waals surface area (Å²) in [4.78, 5) is 11.9. The Bertz CT molecular complexity index is 507. The van der Waals surface area contributed by atoms with E-state index in [-0.39, 0.29) is 12.1 Å². The fourth-order valence-electron chi connectivity index (χ4n) is 2.78. The SMILES string of the molecule is CC1CCCC(O)(CNC(=O)c2ccc(F)c(F)c2)C1. The minimum Gasteiger partial charge on any atom is -0.388 e. The lowest BCUT2D eigenvalue weighted by Gasteiger charge is -2.35. The molecule has 1 saturated carbocycles. The second-order valence-electron chi connectivity index (χ2n) is 5.74. The second-order valence-corrected chi connectivity index (χ2v) is 5.74. The fourth-order valence-corrected chi connectivity index (χ4v) is 2.78. The molecule has 1 aliphatic carbocycles. The standard InChI is InChI=1S/C15H19F2NO2/c1-10-3-2-6-15(20,8-10)9-18-14(19)11-4-5-12(16)13(17)7-11/h4-5,7,10,20H,2-3,6,8-9H2,1H3,(H,18,19). The topological polar surface area (TPSA) is 49.3 Å². The number of rotatable bonds is 3. The molecule has 0 bridgehead atoms. The van der Waals surface area contributed by atoms with E-state index in [4.69, 9.17) is 0 Å². The highest BCUT2D eigenvalue weighted by Gasteiger charge is 2.32. The highest BCUT2D eigenvalue weighted by Crippen LogP contribution is 2.31. The van der Waals surface area contributed by atoms with Gasteiger partial charge in [0.25, 0.3) is 5.91 Å². The molecule has 1 aromatic carbocycles. The smallest absolute Gasteiger partial charge is 0.251 e. The molecule has 0 radical (unpaired) electrons. The van der Waals surface area contributed by atoms with Crippen molar-refractivity contribution in [2.45, 2.75) is 38.2 Å². The van der Waals surface area contributed by atoms with Gasteiger partial charge in [0.2, 0.25) is 0 Å². The van der Waals surface area contributed by atoms with Gasteiger partial charge < -0.3 is 10.4 Å². The van der Waals surface area contributed by atoms with Gasteiger partial charge in [0, 0.05) is 12.1 Å². The van der Waals surface area contributed by atoms with Crippen molar-refractivity contribution in [1.82, 2.24) is 5.32 Å². The van der Waals surface area contributed by atoms with Crippen molar-refractivity contribution < 1.29 is 18.7 Å². The molecular weight excluding hydrogens is 264 g/mol. The van der Waals surface area contributed by atoms with Crippen molar-refractivity contribution in [2.24, 2.45) is 5.92 Å². The van der Waals surface area contributed by atoms with Crippen LogP contribution in [0.1, 0.15) is 43.0 Å². The Labute approximate surface area is 117 Å². The van der Waals surface area contributed by atoms with Gasteiger partial charge in [-0.15, -0.1) is 0 Å². The molecule has 2 N–H and O–H groups in total. The van der Waals surface area contributed by atoms with Crippen molar-refractivity contribution in [1.29, 1.82) is 0 Å². The molecule has 2 rings (SSSR count). The van der Waals surface area contributed by atoms with E-state index in [0.717, 1.165) is 25.0 Å². The Balaban J connectivity index is 1.96. The molecule has 110 valence electrons. The highest BCUT2D eigenvalue weighted by molar-refractivity contribution is 5.94. The van der Waals surface area contributed by atoms with Gasteiger partial charge in [0.1, 0.15) is 0 Å². The zero-order valence-electron chi connectivity index (χ0n) is 11.5. The molecule has 1 fully saturated rings. The largest absolute Gasteiger partial charge is 0.388 e. The molecule has 2 unspecified atom stereocenters. The average Bonchev–Trinajstić information content (AvgIpc) is 2.39. The molecule has 0 heterocycles. The van der Waals surface area contributed by atoms with E-state index < -0.39 is 23.1 Å². The number of benzene rings is 1. The molecule has 0 spiro atoms. The van der Waals surface area contributed by atoms with Crippen molar-refractivity contribution in [3.05, 3.63) is 35.4 Å². The van der Waals surface area contributed by atoms with Gasteiger partial charge in [0.15, 0.2) is 11.6 Å². The predicted octanol–water partition coefficient (Wildman–Crippen LogP) is 2.64. The number of hydrogen-bond acceptors (Lipinski definition) is 2. The normalized spacial score (nSPS) is 26.3. The molecule has 0 aliphatic heterocycles. The van der Waals surface area contributed by atoms with Crippen LogP contribution in [-0.4, -0.2) is 23.2 Å². The Morgan fingerprint density at radius 3 is 2.85 bits per heavy atom. The number of halogens is 2. The molecule has 1 aromatic rings. The molecule has 5 heteroatoms. The van der Waals surface area contributed by atoms with E-state index in [1.807, 2.05) is 0 Å². The third-order valence-electron chi connectivity index (χ3n) is 3.83. The number of amides is 1. The predicted molar refractivity (Wildman–Crippen MR) is 71.3 cm³/mol. The Morgan fingerprint density at radius 1 is 1.45 bits per heavy atom. The molecule has 1 amide bonds. The number of nitrogens with one attached hydrogen (secondary N) is 1. The minimum atomic E-state index is -1.05. The number of aliphatic hydroxyl groups is 1. The molecule has 3 nitrogen and oxygen atoms in total. The maximum Gasteiger partial charge on any atom is 0.251 e. The van der Waals surface area contributed by atoms with Gasteiger partial charge in [-0.3, -0.25) is 4.79 Å². The van der Waals surface area contributed by atoms with Crippen molar-refractivity contribution in [2.75, 3.05) is 6.54 Å². The van der Waals surface area contributed by atoms with Gasteiger partial charge in [-0.25, -0.2) is 8.78 Å².